The molecular formula is C24H21N3O2S. The molecule has 0 aliphatic heterocycles. The van der Waals surface area contributed by atoms with E-state index in [0.29, 0.717) is 10.7 Å². The molecule has 0 radical (unpaired) electrons. The number of fused-ring (bicyclic) bond motifs is 1. The Labute approximate surface area is 178 Å². The molecule has 4 rings (SSSR count). The zero-order valence-electron chi connectivity index (χ0n) is 16.5. The van der Waals surface area contributed by atoms with Gasteiger partial charge in [-0.2, -0.15) is 0 Å². The van der Waals surface area contributed by atoms with Crippen molar-refractivity contribution < 1.29 is 9.59 Å². The highest BCUT2D eigenvalue weighted by atomic mass is 32.1. The summed E-state index contributed by atoms with van der Waals surface area (Å²) in [5.41, 5.74) is 3.44. The van der Waals surface area contributed by atoms with E-state index in [1.165, 1.54) is 11.3 Å². The number of carbonyl (C=O) groups excluding carboxylic acids is 2. The first-order chi connectivity index (χ1) is 14.6. The molecule has 1 atom stereocenters. The Morgan fingerprint density at radius 3 is 2.40 bits per heavy atom. The molecule has 4 aromatic rings. The molecule has 2 amide bonds. The molecule has 0 saturated carbocycles. The zero-order chi connectivity index (χ0) is 20.9. The van der Waals surface area contributed by atoms with Crippen molar-refractivity contribution in [1.29, 1.82) is 0 Å². The van der Waals surface area contributed by atoms with Crippen molar-refractivity contribution in [1.82, 2.24) is 10.3 Å². The van der Waals surface area contributed by atoms with Crippen LogP contribution in [0.2, 0.25) is 0 Å². The second-order valence-electron chi connectivity index (χ2n) is 7.05. The number of benzene rings is 3. The summed E-state index contributed by atoms with van der Waals surface area (Å²) in [7, 11) is 0. The van der Waals surface area contributed by atoms with Crippen molar-refractivity contribution in [3.63, 3.8) is 0 Å². The van der Waals surface area contributed by atoms with Gasteiger partial charge in [0.2, 0.25) is 5.91 Å². The summed E-state index contributed by atoms with van der Waals surface area (Å²) in [6.45, 7) is 2.03. The van der Waals surface area contributed by atoms with E-state index in [1.807, 2.05) is 67.6 Å². The van der Waals surface area contributed by atoms with Crippen molar-refractivity contribution in [2.75, 3.05) is 5.32 Å². The third-order valence-corrected chi connectivity index (χ3v) is 5.66. The fraction of sp³-hybridized carbons (Fsp3) is 0.125. The standard InChI is InChI=1S/C24H21N3O2S/c1-16-12-13-19-21(14-16)30-24(26-19)27-22(28)15-20(17-8-4-2-5-9-17)25-23(29)18-10-6-3-7-11-18/h2-14,20H,15H2,1H3,(H,25,29)(H,26,27,28)/t20-/m0/s1. The maximum atomic E-state index is 12.8. The SMILES string of the molecule is Cc1ccc2nc(NC(=O)C[C@H](NC(=O)c3ccccc3)c3ccccc3)sc2c1. The number of hydrogen-bond acceptors (Lipinski definition) is 4. The van der Waals surface area contributed by atoms with Crippen molar-refractivity contribution >= 4 is 38.5 Å². The number of rotatable bonds is 6. The summed E-state index contributed by atoms with van der Waals surface area (Å²) in [6, 6.07) is 24.0. The van der Waals surface area contributed by atoms with Gasteiger partial charge in [0.1, 0.15) is 0 Å². The molecule has 5 nitrogen and oxygen atoms in total. The Morgan fingerprint density at radius 2 is 1.67 bits per heavy atom. The lowest BCUT2D eigenvalue weighted by molar-refractivity contribution is -0.116. The number of amides is 2. The lowest BCUT2D eigenvalue weighted by Crippen LogP contribution is -2.31. The minimum atomic E-state index is -0.449. The Kier molecular flexibility index (Phi) is 5.86. The molecule has 1 heterocycles. The summed E-state index contributed by atoms with van der Waals surface area (Å²) >= 11 is 1.44. The molecule has 0 aliphatic carbocycles. The largest absolute Gasteiger partial charge is 0.345 e. The van der Waals surface area contributed by atoms with Crippen LogP contribution >= 0.6 is 11.3 Å². The Bertz CT molecular complexity index is 1170. The van der Waals surface area contributed by atoms with Crippen LogP contribution < -0.4 is 10.6 Å². The molecule has 6 heteroatoms. The number of aryl methyl sites for hydroxylation is 1. The third-order valence-electron chi connectivity index (χ3n) is 4.72. The van der Waals surface area contributed by atoms with E-state index < -0.39 is 6.04 Å². The quantitative estimate of drug-likeness (QED) is 0.460. The number of carbonyl (C=O) groups is 2. The first-order valence-corrected chi connectivity index (χ1v) is 10.5. The number of anilines is 1. The Hall–Kier alpha value is -3.51. The van der Waals surface area contributed by atoms with Gasteiger partial charge in [-0.1, -0.05) is 65.9 Å². The van der Waals surface area contributed by atoms with E-state index in [1.54, 1.807) is 12.1 Å². The molecular weight excluding hydrogens is 394 g/mol. The molecule has 1 aromatic heterocycles. The normalized spacial score (nSPS) is 11.8. The molecule has 0 spiro atoms. The molecule has 2 N–H and O–H groups in total. The maximum absolute atomic E-state index is 12.8. The van der Waals surface area contributed by atoms with Gasteiger partial charge >= 0.3 is 0 Å². The lowest BCUT2D eigenvalue weighted by Gasteiger charge is -2.19. The number of thiazole rings is 1. The predicted molar refractivity (Wildman–Crippen MR) is 121 cm³/mol. The summed E-state index contributed by atoms with van der Waals surface area (Å²) < 4.78 is 1.03. The number of nitrogens with zero attached hydrogens (tertiary/aromatic N) is 1. The van der Waals surface area contributed by atoms with Crippen LogP contribution in [0.15, 0.2) is 78.9 Å². The summed E-state index contributed by atoms with van der Waals surface area (Å²) in [4.78, 5) is 29.9. The number of aromatic nitrogens is 1. The second-order valence-corrected chi connectivity index (χ2v) is 8.08. The van der Waals surface area contributed by atoms with Crippen LogP contribution in [0.5, 0.6) is 0 Å². The Balaban J connectivity index is 1.50. The molecule has 0 bridgehead atoms. The van der Waals surface area contributed by atoms with Crippen molar-refractivity contribution in [3.05, 3.63) is 95.6 Å². The minimum Gasteiger partial charge on any atom is -0.345 e. The second kappa shape index (κ2) is 8.88. The average molecular weight is 416 g/mol. The van der Waals surface area contributed by atoms with E-state index in [4.69, 9.17) is 0 Å². The van der Waals surface area contributed by atoms with Crippen LogP contribution in [-0.4, -0.2) is 16.8 Å². The van der Waals surface area contributed by atoms with Gasteiger partial charge < -0.3 is 10.6 Å². The fourth-order valence-corrected chi connectivity index (χ4v) is 4.19. The highest BCUT2D eigenvalue weighted by Crippen LogP contribution is 2.27. The molecule has 0 saturated heterocycles. The van der Waals surface area contributed by atoms with E-state index >= 15 is 0 Å². The van der Waals surface area contributed by atoms with Crippen LogP contribution in [0.1, 0.15) is 33.9 Å². The topological polar surface area (TPSA) is 71.1 Å². The van der Waals surface area contributed by atoms with Gasteiger partial charge in [-0.15, -0.1) is 0 Å². The van der Waals surface area contributed by atoms with E-state index in [-0.39, 0.29) is 18.2 Å². The van der Waals surface area contributed by atoms with E-state index in [2.05, 4.69) is 21.7 Å². The highest BCUT2D eigenvalue weighted by Gasteiger charge is 2.20. The average Bonchev–Trinajstić information content (AvgIpc) is 3.15. The number of hydrogen-bond donors (Lipinski definition) is 2. The Morgan fingerprint density at radius 1 is 0.967 bits per heavy atom. The molecule has 0 unspecified atom stereocenters. The van der Waals surface area contributed by atoms with Gasteiger partial charge in [-0.25, -0.2) is 4.98 Å². The van der Waals surface area contributed by atoms with Crippen LogP contribution in [0.25, 0.3) is 10.2 Å². The molecule has 3 aromatic carbocycles. The molecule has 30 heavy (non-hydrogen) atoms. The smallest absolute Gasteiger partial charge is 0.251 e. The van der Waals surface area contributed by atoms with Gasteiger partial charge in [-0.3, -0.25) is 9.59 Å². The molecule has 150 valence electrons. The van der Waals surface area contributed by atoms with E-state index in [0.717, 1.165) is 21.3 Å². The lowest BCUT2D eigenvalue weighted by atomic mass is 10.0. The van der Waals surface area contributed by atoms with Gasteiger partial charge in [0.15, 0.2) is 5.13 Å². The number of nitrogens with one attached hydrogen (secondary N) is 2. The summed E-state index contributed by atoms with van der Waals surface area (Å²) in [5.74, 6) is -0.416. The van der Waals surface area contributed by atoms with Crippen molar-refractivity contribution in [2.24, 2.45) is 0 Å². The minimum absolute atomic E-state index is 0.109. The van der Waals surface area contributed by atoms with Gasteiger partial charge in [0.05, 0.1) is 22.7 Å². The third kappa shape index (κ3) is 4.72. The fourth-order valence-electron chi connectivity index (χ4n) is 3.21. The van der Waals surface area contributed by atoms with Gasteiger partial charge in [0.25, 0.3) is 5.91 Å². The van der Waals surface area contributed by atoms with Crippen molar-refractivity contribution in [2.45, 2.75) is 19.4 Å². The maximum Gasteiger partial charge on any atom is 0.251 e. The molecule has 0 aliphatic rings. The van der Waals surface area contributed by atoms with Gasteiger partial charge in [-0.05, 0) is 42.3 Å². The monoisotopic (exact) mass is 415 g/mol. The van der Waals surface area contributed by atoms with Crippen molar-refractivity contribution in [3.8, 4) is 0 Å². The summed E-state index contributed by atoms with van der Waals surface area (Å²) in [5, 5.41) is 6.42. The molecule has 0 fully saturated rings. The predicted octanol–water partition coefficient (Wildman–Crippen LogP) is 5.10. The van der Waals surface area contributed by atoms with Gasteiger partial charge in [0, 0.05) is 5.56 Å². The van der Waals surface area contributed by atoms with Crippen LogP contribution in [0, 0.1) is 6.92 Å². The van der Waals surface area contributed by atoms with Crippen LogP contribution in [0.4, 0.5) is 5.13 Å². The first-order valence-electron chi connectivity index (χ1n) is 9.66. The highest BCUT2D eigenvalue weighted by molar-refractivity contribution is 7.22. The van der Waals surface area contributed by atoms with E-state index in [9.17, 15) is 9.59 Å². The first kappa shape index (κ1) is 19.8. The van der Waals surface area contributed by atoms with Crippen LogP contribution in [-0.2, 0) is 4.79 Å². The van der Waals surface area contributed by atoms with Crippen LogP contribution in [0.3, 0.4) is 0 Å². The summed E-state index contributed by atoms with van der Waals surface area (Å²) in [6.07, 6.45) is 0.109. The zero-order valence-corrected chi connectivity index (χ0v) is 17.3.